The van der Waals surface area contributed by atoms with Gasteiger partial charge in [-0.2, -0.15) is 8.75 Å². The quantitative estimate of drug-likeness (QED) is 0.912. The summed E-state index contributed by atoms with van der Waals surface area (Å²) in [4.78, 5) is 0. The van der Waals surface area contributed by atoms with Gasteiger partial charge in [0.2, 0.25) is 0 Å². The molecule has 2 rings (SSSR count). The van der Waals surface area contributed by atoms with E-state index in [4.69, 9.17) is 11.6 Å². The minimum atomic E-state index is 0.439. The normalized spacial score (nSPS) is 10.8. The van der Waals surface area contributed by atoms with Crippen LogP contribution in [0.3, 0.4) is 0 Å². The fourth-order valence-corrected chi connectivity index (χ4v) is 2.17. The van der Waals surface area contributed by atoms with E-state index in [2.05, 4.69) is 52.2 Å². The number of halogens is 1. The molecule has 3 nitrogen and oxygen atoms in total. The molecule has 0 bridgehead atoms. The van der Waals surface area contributed by atoms with Gasteiger partial charge in [0.15, 0.2) is 11.0 Å². The van der Waals surface area contributed by atoms with Crippen molar-refractivity contribution in [2.45, 2.75) is 26.3 Å². The maximum Gasteiger partial charge on any atom is 0.186 e. The standard InChI is InChI=1S/C12H14ClN3S/c1-8(2)10-5-3-9(4-6-10)7-14-12-11(13)15-17-16-12/h3-6,8H,7H2,1-2H3,(H,14,16). The topological polar surface area (TPSA) is 37.8 Å². The molecule has 5 heteroatoms. The van der Waals surface area contributed by atoms with Gasteiger partial charge < -0.3 is 5.32 Å². The molecule has 0 saturated heterocycles. The molecular formula is C12H14ClN3S. The molecule has 0 aliphatic heterocycles. The van der Waals surface area contributed by atoms with Crippen molar-refractivity contribution in [3.63, 3.8) is 0 Å². The summed E-state index contributed by atoms with van der Waals surface area (Å²) in [5.41, 5.74) is 2.56. The van der Waals surface area contributed by atoms with Gasteiger partial charge in [-0.1, -0.05) is 49.7 Å². The molecule has 0 saturated carbocycles. The second-order valence-electron chi connectivity index (χ2n) is 4.15. The van der Waals surface area contributed by atoms with Gasteiger partial charge in [-0.05, 0) is 17.0 Å². The van der Waals surface area contributed by atoms with Crippen LogP contribution in [-0.2, 0) is 6.54 Å². The van der Waals surface area contributed by atoms with Gasteiger partial charge in [-0.3, -0.25) is 0 Å². The molecule has 1 aromatic carbocycles. The van der Waals surface area contributed by atoms with Crippen LogP contribution in [0.25, 0.3) is 0 Å². The summed E-state index contributed by atoms with van der Waals surface area (Å²) in [5.74, 6) is 1.22. The second-order valence-corrected chi connectivity index (χ2v) is 5.04. The van der Waals surface area contributed by atoms with E-state index in [-0.39, 0.29) is 0 Å². The Balaban J connectivity index is 1.98. The van der Waals surface area contributed by atoms with Crippen molar-refractivity contribution < 1.29 is 0 Å². The van der Waals surface area contributed by atoms with Crippen molar-refractivity contribution >= 4 is 29.1 Å². The molecule has 2 aromatic rings. The molecule has 0 fully saturated rings. The zero-order valence-electron chi connectivity index (χ0n) is 9.77. The van der Waals surface area contributed by atoms with Gasteiger partial charge in [0.25, 0.3) is 0 Å². The molecule has 0 aliphatic rings. The first-order valence-corrected chi connectivity index (χ1v) is 6.58. The second kappa shape index (κ2) is 5.47. The average Bonchev–Trinajstić information content (AvgIpc) is 2.73. The minimum Gasteiger partial charge on any atom is -0.363 e. The van der Waals surface area contributed by atoms with Crippen molar-refractivity contribution in [3.8, 4) is 0 Å². The highest BCUT2D eigenvalue weighted by molar-refractivity contribution is 6.99. The van der Waals surface area contributed by atoms with Gasteiger partial charge in [-0.15, -0.1) is 0 Å². The Labute approximate surface area is 110 Å². The molecule has 17 heavy (non-hydrogen) atoms. The summed E-state index contributed by atoms with van der Waals surface area (Å²) in [7, 11) is 0. The van der Waals surface area contributed by atoms with E-state index in [1.165, 1.54) is 11.1 Å². The Morgan fingerprint density at radius 3 is 2.47 bits per heavy atom. The Morgan fingerprint density at radius 1 is 1.24 bits per heavy atom. The molecular weight excluding hydrogens is 254 g/mol. The first kappa shape index (κ1) is 12.3. The summed E-state index contributed by atoms with van der Waals surface area (Å²) in [6.07, 6.45) is 0. The maximum absolute atomic E-state index is 5.85. The lowest BCUT2D eigenvalue weighted by molar-refractivity contribution is 0.865. The summed E-state index contributed by atoms with van der Waals surface area (Å²) in [6, 6.07) is 8.55. The van der Waals surface area contributed by atoms with E-state index in [1.54, 1.807) is 0 Å². The van der Waals surface area contributed by atoms with E-state index in [0.29, 0.717) is 23.4 Å². The molecule has 0 radical (unpaired) electrons. The fourth-order valence-electron chi connectivity index (χ4n) is 1.49. The predicted octanol–water partition coefficient (Wildman–Crippen LogP) is 3.93. The number of aromatic nitrogens is 2. The number of hydrogen-bond donors (Lipinski definition) is 1. The van der Waals surface area contributed by atoms with E-state index in [1.807, 2.05) is 0 Å². The highest BCUT2D eigenvalue weighted by atomic mass is 35.5. The van der Waals surface area contributed by atoms with E-state index in [0.717, 1.165) is 11.7 Å². The molecule has 1 aromatic heterocycles. The Bertz CT molecular complexity index is 479. The van der Waals surface area contributed by atoms with E-state index < -0.39 is 0 Å². The molecule has 0 unspecified atom stereocenters. The fraction of sp³-hybridized carbons (Fsp3) is 0.333. The van der Waals surface area contributed by atoms with Crippen molar-refractivity contribution in [2.75, 3.05) is 5.32 Å². The monoisotopic (exact) mass is 267 g/mol. The number of rotatable bonds is 4. The van der Waals surface area contributed by atoms with Crippen LogP contribution in [0.5, 0.6) is 0 Å². The molecule has 1 heterocycles. The van der Waals surface area contributed by atoms with Crippen molar-refractivity contribution in [3.05, 3.63) is 40.5 Å². The highest BCUT2D eigenvalue weighted by Crippen LogP contribution is 2.19. The lowest BCUT2D eigenvalue weighted by atomic mass is 10.0. The van der Waals surface area contributed by atoms with Gasteiger partial charge >= 0.3 is 0 Å². The van der Waals surface area contributed by atoms with Gasteiger partial charge in [-0.25, -0.2) is 0 Å². The van der Waals surface area contributed by atoms with Crippen LogP contribution in [-0.4, -0.2) is 8.75 Å². The number of hydrogen-bond acceptors (Lipinski definition) is 4. The highest BCUT2D eigenvalue weighted by Gasteiger charge is 2.04. The van der Waals surface area contributed by atoms with Crippen LogP contribution in [0.15, 0.2) is 24.3 Å². The van der Waals surface area contributed by atoms with Crippen molar-refractivity contribution in [1.82, 2.24) is 8.75 Å². The SMILES string of the molecule is CC(C)c1ccc(CNc2nsnc2Cl)cc1. The summed E-state index contributed by atoms with van der Waals surface area (Å²) in [6.45, 7) is 5.09. The largest absolute Gasteiger partial charge is 0.363 e. The number of anilines is 1. The number of benzene rings is 1. The van der Waals surface area contributed by atoms with Crippen molar-refractivity contribution in [2.24, 2.45) is 0 Å². The molecule has 1 N–H and O–H groups in total. The predicted molar refractivity (Wildman–Crippen MR) is 72.8 cm³/mol. The summed E-state index contributed by atoms with van der Waals surface area (Å²) in [5, 5.41) is 3.60. The molecule has 0 atom stereocenters. The third-order valence-corrected chi connectivity index (χ3v) is 3.45. The number of nitrogens with one attached hydrogen (secondary N) is 1. The number of nitrogens with zero attached hydrogens (tertiary/aromatic N) is 2. The maximum atomic E-state index is 5.85. The van der Waals surface area contributed by atoms with Crippen LogP contribution in [0, 0.1) is 0 Å². The zero-order valence-corrected chi connectivity index (χ0v) is 11.3. The average molecular weight is 268 g/mol. The third kappa shape index (κ3) is 3.17. The summed E-state index contributed by atoms with van der Waals surface area (Å²) >= 11 is 6.96. The smallest absolute Gasteiger partial charge is 0.186 e. The molecule has 90 valence electrons. The van der Waals surface area contributed by atoms with Crippen LogP contribution < -0.4 is 5.32 Å². The van der Waals surface area contributed by atoms with Crippen LogP contribution in [0.4, 0.5) is 5.82 Å². The zero-order chi connectivity index (χ0) is 12.3. The summed E-state index contributed by atoms with van der Waals surface area (Å²) < 4.78 is 7.96. The third-order valence-electron chi connectivity index (χ3n) is 2.55. The lowest BCUT2D eigenvalue weighted by Gasteiger charge is -2.07. The first-order chi connectivity index (χ1) is 8.16. The van der Waals surface area contributed by atoms with Gasteiger partial charge in [0.1, 0.15) is 0 Å². The minimum absolute atomic E-state index is 0.439. The molecule has 0 spiro atoms. The Kier molecular flexibility index (Phi) is 3.97. The van der Waals surface area contributed by atoms with Crippen LogP contribution in [0.2, 0.25) is 5.15 Å². The van der Waals surface area contributed by atoms with Gasteiger partial charge in [0.05, 0.1) is 11.7 Å². The lowest BCUT2D eigenvalue weighted by Crippen LogP contribution is -2.00. The first-order valence-electron chi connectivity index (χ1n) is 5.47. The van der Waals surface area contributed by atoms with E-state index >= 15 is 0 Å². The van der Waals surface area contributed by atoms with Crippen molar-refractivity contribution in [1.29, 1.82) is 0 Å². The molecule has 0 amide bonds. The van der Waals surface area contributed by atoms with Crippen LogP contribution in [0.1, 0.15) is 30.9 Å². The molecule has 0 aliphatic carbocycles. The van der Waals surface area contributed by atoms with Gasteiger partial charge in [0, 0.05) is 6.54 Å². The Hall–Kier alpha value is -1.13. The Morgan fingerprint density at radius 2 is 1.94 bits per heavy atom. The van der Waals surface area contributed by atoms with Crippen LogP contribution >= 0.6 is 23.3 Å². The van der Waals surface area contributed by atoms with E-state index in [9.17, 15) is 0 Å².